The fraction of sp³-hybridized carbons (Fsp3) is 0.833. The van der Waals surface area contributed by atoms with E-state index in [0.717, 1.165) is 25.9 Å². The van der Waals surface area contributed by atoms with E-state index < -0.39 is 12.0 Å². The normalized spacial score (nSPS) is 17.8. The van der Waals surface area contributed by atoms with Crippen molar-refractivity contribution in [2.75, 3.05) is 26.7 Å². The van der Waals surface area contributed by atoms with Gasteiger partial charge in [-0.1, -0.05) is 12.8 Å². The number of halogens is 1. The molecule has 0 spiro atoms. The number of carboxylic acid groups (broad SMARTS) is 1. The molecule has 5 nitrogen and oxygen atoms in total. The summed E-state index contributed by atoms with van der Waals surface area (Å²) in [6.07, 6.45) is 4.49. The zero-order valence-corrected chi connectivity index (χ0v) is 11.9. The molecule has 106 valence electrons. The van der Waals surface area contributed by atoms with E-state index in [0.29, 0.717) is 0 Å². The number of likely N-dealkylation sites (tertiary alicyclic amines) is 1. The summed E-state index contributed by atoms with van der Waals surface area (Å²) in [7, 11) is 1.68. The monoisotopic (exact) mass is 278 g/mol. The maximum atomic E-state index is 12.0. The summed E-state index contributed by atoms with van der Waals surface area (Å²) in [6.45, 7) is 3.41. The van der Waals surface area contributed by atoms with Crippen molar-refractivity contribution >= 4 is 24.3 Å². The zero-order valence-electron chi connectivity index (χ0n) is 11.1. The number of hydrogen-bond acceptors (Lipinski definition) is 3. The lowest BCUT2D eigenvalue weighted by Gasteiger charge is -2.25. The van der Waals surface area contributed by atoms with Crippen molar-refractivity contribution in [3.63, 3.8) is 0 Å². The van der Waals surface area contributed by atoms with Gasteiger partial charge in [-0.2, -0.15) is 0 Å². The van der Waals surface area contributed by atoms with Crippen LogP contribution in [0.5, 0.6) is 0 Å². The van der Waals surface area contributed by atoms with E-state index >= 15 is 0 Å². The van der Waals surface area contributed by atoms with Gasteiger partial charge in [0.15, 0.2) is 0 Å². The fourth-order valence-electron chi connectivity index (χ4n) is 1.96. The Morgan fingerprint density at radius 3 is 2.17 bits per heavy atom. The number of hydrogen-bond donors (Lipinski definition) is 1. The van der Waals surface area contributed by atoms with Gasteiger partial charge in [-0.25, -0.2) is 0 Å². The highest BCUT2D eigenvalue weighted by molar-refractivity contribution is 5.85. The SMILES string of the molecule is CC(C(=O)O)N(C)CC(=O)N1CCCCCC1.Cl. The number of nitrogens with zero attached hydrogens (tertiary/aromatic N) is 2. The quantitative estimate of drug-likeness (QED) is 0.840. The Labute approximate surface area is 115 Å². The minimum absolute atomic E-state index is 0. The fourth-order valence-corrected chi connectivity index (χ4v) is 1.96. The summed E-state index contributed by atoms with van der Waals surface area (Å²) in [4.78, 5) is 26.2. The van der Waals surface area contributed by atoms with Gasteiger partial charge in [-0.05, 0) is 26.8 Å². The second kappa shape index (κ2) is 8.32. The average molecular weight is 279 g/mol. The molecule has 0 aromatic heterocycles. The van der Waals surface area contributed by atoms with Gasteiger partial charge in [0.2, 0.25) is 5.91 Å². The average Bonchev–Trinajstić information content (AvgIpc) is 2.56. The maximum absolute atomic E-state index is 12.0. The smallest absolute Gasteiger partial charge is 0.320 e. The summed E-state index contributed by atoms with van der Waals surface area (Å²) in [5.74, 6) is -0.848. The third-order valence-corrected chi connectivity index (χ3v) is 3.36. The van der Waals surface area contributed by atoms with Gasteiger partial charge >= 0.3 is 5.97 Å². The second-order valence-corrected chi connectivity index (χ2v) is 4.72. The van der Waals surface area contributed by atoms with Gasteiger partial charge in [-0.3, -0.25) is 14.5 Å². The van der Waals surface area contributed by atoms with Crippen molar-refractivity contribution in [2.45, 2.75) is 38.6 Å². The van der Waals surface area contributed by atoms with Gasteiger partial charge in [0.25, 0.3) is 0 Å². The lowest BCUT2D eigenvalue weighted by Crippen LogP contribution is -2.44. The Balaban J connectivity index is 0.00000289. The van der Waals surface area contributed by atoms with E-state index in [9.17, 15) is 9.59 Å². The molecule has 1 atom stereocenters. The van der Waals surface area contributed by atoms with E-state index in [4.69, 9.17) is 5.11 Å². The van der Waals surface area contributed by atoms with Crippen LogP contribution in [0, 0.1) is 0 Å². The molecule has 1 heterocycles. The first kappa shape index (κ1) is 17.2. The van der Waals surface area contributed by atoms with Crippen molar-refractivity contribution in [1.82, 2.24) is 9.80 Å². The molecule has 1 amide bonds. The van der Waals surface area contributed by atoms with Crippen molar-refractivity contribution in [3.05, 3.63) is 0 Å². The van der Waals surface area contributed by atoms with Gasteiger partial charge < -0.3 is 10.0 Å². The van der Waals surface area contributed by atoms with Crippen molar-refractivity contribution in [2.24, 2.45) is 0 Å². The summed E-state index contributed by atoms with van der Waals surface area (Å²) >= 11 is 0. The highest BCUT2D eigenvalue weighted by Gasteiger charge is 2.22. The van der Waals surface area contributed by atoms with Crippen LogP contribution in [0.25, 0.3) is 0 Å². The molecule has 0 radical (unpaired) electrons. The predicted molar refractivity (Wildman–Crippen MR) is 72.0 cm³/mol. The topological polar surface area (TPSA) is 60.9 Å². The van der Waals surface area contributed by atoms with E-state index in [1.54, 1.807) is 18.9 Å². The van der Waals surface area contributed by atoms with Crippen LogP contribution < -0.4 is 0 Å². The molecule has 0 aliphatic carbocycles. The third kappa shape index (κ3) is 5.23. The zero-order chi connectivity index (χ0) is 12.8. The standard InChI is InChI=1S/C12H22N2O3.ClH/c1-10(12(16)17)13(2)9-11(15)14-7-5-3-4-6-8-14;/h10H,3-9H2,1-2H3,(H,16,17);1H. The highest BCUT2D eigenvalue weighted by atomic mass is 35.5. The van der Waals surface area contributed by atoms with Crippen LogP contribution in [0.1, 0.15) is 32.6 Å². The number of amides is 1. The van der Waals surface area contributed by atoms with E-state index in [1.165, 1.54) is 12.8 Å². The van der Waals surface area contributed by atoms with Crippen LogP contribution in [-0.2, 0) is 9.59 Å². The van der Waals surface area contributed by atoms with Crippen molar-refractivity contribution in [3.8, 4) is 0 Å². The van der Waals surface area contributed by atoms with Crippen LogP contribution >= 0.6 is 12.4 Å². The Bertz CT molecular complexity index is 278. The molecule has 18 heavy (non-hydrogen) atoms. The maximum Gasteiger partial charge on any atom is 0.320 e. The summed E-state index contributed by atoms with van der Waals surface area (Å²) in [5, 5.41) is 8.85. The van der Waals surface area contributed by atoms with Gasteiger partial charge in [0.1, 0.15) is 6.04 Å². The first-order valence-electron chi connectivity index (χ1n) is 6.23. The summed E-state index contributed by atoms with van der Waals surface area (Å²) < 4.78 is 0. The van der Waals surface area contributed by atoms with Crippen molar-refractivity contribution in [1.29, 1.82) is 0 Å². The Kier molecular flexibility index (Phi) is 7.95. The molecule has 1 unspecified atom stereocenters. The third-order valence-electron chi connectivity index (χ3n) is 3.36. The van der Waals surface area contributed by atoms with E-state index in [-0.39, 0.29) is 24.9 Å². The van der Waals surface area contributed by atoms with Crippen LogP contribution in [0.15, 0.2) is 0 Å². The second-order valence-electron chi connectivity index (χ2n) is 4.72. The van der Waals surface area contributed by atoms with Gasteiger partial charge in [0.05, 0.1) is 6.54 Å². The predicted octanol–water partition coefficient (Wildman–Crippen LogP) is 1.22. The molecule has 0 aromatic rings. The van der Waals surface area contributed by atoms with Crippen LogP contribution in [0.2, 0.25) is 0 Å². The van der Waals surface area contributed by atoms with E-state index in [2.05, 4.69) is 0 Å². The number of carbonyl (C=O) groups is 2. The molecule has 1 aliphatic rings. The Morgan fingerprint density at radius 2 is 1.72 bits per heavy atom. The molecule has 1 N–H and O–H groups in total. The lowest BCUT2D eigenvalue weighted by molar-refractivity contribution is -0.143. The van der Waals surface area contributed by atoms with Gasteiger partial charge in [-0.15, -0.1) is 12.4 Å². The van der Waals surface area contributed by atoms with Crippen molar-refractivity contribution < 1.29 is 14.7 Å². The lowest BCUT2D eigenvalue weighted by atomic mass is 10.2. The molecule has 0 aromatic carbocycles. The molecule has 0 saturated carbocycles. The number of aliphatic carboxylic acids is 1. The first-order valence-corrected chi connectivity index (χ1v) is 6.23. The minimum Gasteiger partial charge on any atom is -0.480 e. The Morgan fingerprint density at radius 1 is 1.22 bits per heavy atom. The number of carbonyl (C=O) groups excluding carboxylic acids is 1. The largest absolute Gasteiger partial charge is 0.480 e. The number of rotatable bonds is 4. The van der Waals surface area contributed by atoms with Crippen LogP contribution in [-0.4, -0.2) is 59.5 Å². The molecule has 1 aliphatic heterocycles. The van der Waals surface area contributed by atoms with E-state index in [1.807, 2.05) is 4.90 Å². The molecule has 1 rings (SSSR count). The van der Waals surface area contributed by atoms with Crippen LogP contribution in [0.4, 0.5) is 0 Å². The molecule has 1 saturated heterocycles. The summed E-state index contributed by atoms with van der Waals surface area (Å²) in [6, 6.07) is -0.620. The molecule has 6 heteroatoms. The first-order chi connectivity index (χ1) is 8.02. The molecular weight excluding hydrogens is 256 g/mol. The highest BCUT2D eigenvalue weighted by Crippen LogP contribution is 2.10. The summed E-state index contributed by atoms with van der Waals surface area (Å²) in [5.41, 5.74) is 0. The number of carboxylic acids is 1. The number of likely N-dealkylation sites (N-methyl/N-ethyl adjacent to an activating group) is 1. The minimum atomic E-state index is -0.892. The molecule has 0 bridgehead atoms. The Hall–Kier alpha value is -0.810. The molecular formula is C12H23ClN2O3. The van der Waals surface area contributed by atoms with Crippen LogP contribution in [0.3, 0.4) is 0 Å². The van der Waals surface area contributed by atoms with Gasteiger partial charge in [0, 0.05) is 13.1 Å². The molecule has 1 fully saturated rings.